The van der Waals surface area contributed by atoms with Gasteiger partial charge in [0.1, 0.15) is 12.2 Å². The smallest absolute Gasteiger partial charge is 0.278 e. The first-order valence-corrected chi connectivity index (χ1v) is 10.7. The van der Waals surface area contributed by atoms with Crippen molar-refractivity contribution in [2.75, 3.05) is 10.2 Å². The van der Waals surface area contributed by atoms with Gasteiger partial charge in [0.05, 0.1) is 0 Å². The van der Waals surface area contributed by atoms with Crippen molar-refractivity contribution >= 4 is 23.2 Å². The Labute approximate surface area is 186 Å². The average Bonchev–Trinajstić information content (AvgIpc) is 3.10. The van der Waals surface area contributed by atoms with Gasteiger partial charge in [0.2, 0.25) is 5.91 Å². The van der Waals surface area contributed by atoms with Crippen LogP contribution in [-0.2, 0) is 17.8 Å². The molecule has 0 aliphatic carbocycles. The number of hydrogen-bond acceptors (Lipinski definition) is 4. The standard InChI is InChI=1S/C25H26N4O3/c1-16(2)18-8-6-9-20(14-18)26-23(30)15-28-24(31)12-11-21(27-28)25(32)29-17(3)13-19-7-4-5-10-22(19)29/h4-12,14,16-17H,13,15H2,1-3H3,(H,26,30)/t17-/m0/s1. The number of carbonyl (C=O) groups is 2. The molecule has 0 unspecified atom stereocenters. The van der Waals surface area contributed by atoms with Crippen molar-refractivity contribution in [2.24, 2.45) is 0 Å². The van der Waals surface area contributed by atoms with E-state index in [1.54, 1.807) is 11.0 Å². The summed E-state index contributed by atoms with van der Waals surface area (Å²) in [6, 6.07) is 18.0. The molecule has 4 rings (SSSR count). The van der Waals surface area contributed by atoms with Gasteiger partial charge in [0, 0.05) is 23.5 Å². The molecule has 1 aliphatic rings. The zero-order valence-electron chi connectivity index (χ0n) is 18.4. The fourth-order valence-corrected chi connectivity index (χ4v) is 3.99. The molecule has 2 heterocycles. The minimum absolute atomic E-state index is 0.0152. The number of para-hydroxylation sites is 1. The normalized spacial score (nSPS) is 15.0. The van der Waals surface area contributed by atoms with Crippen LogP contribution < -0.4 is 15.8 Å². The number of carbonyl (C=O) groups excluding carboxylic acids is 2. The van der Waals surface area contributed by atoms with Crippen LogP contribution in [0.25, 0.3) is 0 Å². The first-order chi connectivity index (χ1) is 15.3. The van der Waals surface area contributed by atoms with Gasteiger partial charge in [-0.15, -0.1) is 0 Å². The minimum atomic E-state index is -0.442. The van der Waals surface area contributed by atoms with Gasteiger partial charge in [-0.05, 0) is 54.7 Å². The quantitative estimate of drug-likeness (QED) is 0.670. The van der Waals surface area contributed by atoms with Crippen LogP contribution in [0.2, 0.25) is 0 Å². The van der Waals surface area contributed by atoms with Crippen molar-refractivity contribution in [3.05, 3.63) is 87.8 Å². The molecule has 0 saturated heterocycles. The summed E-state index contributed by atoms with van der Waals surface area (Å²) in [5, 5.41) is 7.01. The Kier molecular flexibility index (Phi) is 5.90. The number of rotatable bonds is 5. The molecule has 164 valence electrons. The molecular formula is C25H26N4O3. The van der Waals surface area contributed by atoms with E-state index < -0.39 is 5.56 Å². The monoisotopic (exact) mass is 430 g/mol. The molecule has 3 aromatic rings. The maximum atomic E-state index is 13.2. The third-order valence-electron chi connectivity index (χ3n) is 5.64. The average molecular weight is 431 g/mol. The molecule has 1 atom stereocenters. The van der Waals surface area contributed by atoms with Gasteiger partial charge in [0.25, 0.3) is 11.5 Å². The lowest BCUT2D eigenvalue weighted by Crippen LogP contribution is -2.38. The molecular weight excluding hydrogens is 404 g/mol. The number of benzene rings is 2. The predicted molar refractivity (Wildman–Crippen MR) is 124 cm³/mol. The third-order valence-corrected chi connectivity index (χ3v) is 5.64. The maximum absolute atomic E-state index is 13.2. The Hall–Kier alpha value is -3.74. The van der Waals surface area contributed by atoms with Crippen LogP contribution in [0.1, 0.15) is 48.3 Å². The van der Waals surface area contributed by atoms with Gasteiger partial charge in [-0.2, -0.15) is 5.10 Å². The van der Waals surface area contributed by atoms with Crippen molar-refractivity contribution in [1.29, 1.82) is 0 Å². The van der Waals surface area contributed by atoms with E-state index >= 15 is 0 Å². The topological polar surface area (TPSA) is 84.3 Å². The number of hydrogen-bond donors (Lipinski definition) is 1. The van der Waals surface area contributed by atoms with Crippen LogP contribution in [0.4, 0.5) is 11.4 Å². The van der Waals surface area contributed by atoms with Gasteiger partial charge in [-0.1, -0.05) is 44.2 Å². The molecule has 7 heteroatoms. The fourth-order valence-electron chi connectivity index (χ4n) is 3.99. The highest BCUT2D eigenvalue weighted by Gasteiger charge is 2.32. The Morgan fingerprint density at radius 1 is 1.09 bits per heavy atom. The lowest BCUT2D eigenvalue weighted by atomic mass is 10.0. The van der Waals surface area contributed by atoms with Gasteiger partial charge in [-0.25, -0.2) is 4.68 Å². The zero-order valence-corrected chi connectivity index (χ0v) is 18.4. The summed E-state index contributed by atoms with van der Waals surface area (Å²) in [5.74, 6) is -0.344. The van der Waals surface area contributed by atoms with E-state index in [-0.39, 0.29) is 30.1 Å². The van der Waals surface area contributed by atoms with E-state index in [2.05, 4.69) is 24.3 Å². The van der Waals surface area contributed by atoms with Crippen LogP contribution in [0.15, 0.2) is 65.5 Å². The number of aromatic nitrogens is 2. The first kappa shape index (κ1) is 21.5. The first-order valence-electron chi connectivity index (χ1n) is 10.7. The Bertz CT molecular complexity index is 1230. The molecule has 0 fully saturated rings. The van der Waals surface area contributed by atoms with Crippen LogP contribution in [0.5, 0.6) is 0 Å². The van der Waals surface area contributed by atoms with Crippen molar-refractivity contribution in [3.63, 3.8) is 0 Å². The number of nitrogens with one attached hydrogen (secondary N) is 1. The summed E-state index contributed by atoms with van der Waals surface area (Å²) in [5.41, 5.74) is 3.40. The highest BCUT2D eigenvalue weighted by Crippen LogP contribution is 2.32. The van der Waals surface area contributed by atoms with Gasteiger partial charge in [-0.3, -0.25) is 14.4 Å². The fraction of sp³-hybridized carbons (Fsp3) is 0.280. The number of fused-ring (bicyclic) bond motifs is 1. The van der Waals surface area contributed by atoms with E-state index in [1.165, 1.54) is 12.1 Å². The second-order valence-corrected chi connectivity index (χ2v) is 8.40. The minimum Gasteiger partial charge on any atom is -0.324 e. The molecule has 0 saturated carbocycles. The SMILES string of the molecule is CC(C)c1cccc(NC(=O)Cn2nc(C(=O)N3c4ccccc4C[C@@H]3C)ccc2=O)c1. The van der Waals surface area contributed by atoms with E-state index in [0.717, 1.165) is 27.9 Å². The number of nitrogens with zero attached hydrogens (tertiary/aromatic N) is 3. The van der Waals surface area contributed by atoms with Crippen LogP contribution in [-0.4, -0.2) is 27.6 Å². The van der Waals surface area contributed by atoms with E-state index in [9.17, 15) is 14.4 Å². The Morgan fingerprint density at radius 2 is 1.88 bits per heavy atom. The summed E-state index contributed by atoms with van der Waals surface area (Å²) in [6.07, 6.45) is 0.763. The van der Waals surface area contributed by atoms with Gasteiger partial charge in [0.15, 0.2) is 0 Å². The molecule has 1 aromatic heterocycles. The zero-order chi connectivity index (χ0) is 22.8. The van der Waals surface area contributed by atoms with Gasteiger partial charge >= 0.3 is 0 Å². The lowest BCUT2D eigenvalue weighted by molar-refractivity contribution is -0.117. The number of anilines is 2. The van der Waals surface area contributed by atoms with Crippen LogP contribution >= 0.6 is 0 Å². The van der Waals surface area contributed by atoms with Crippen molar-refractivity contribution in [2.45, 2.75) is 45.7 Å². The van der Waals surface area contributed by atoms with Gasteiger partial charge < -0.3 is 10.2 Å². The molecule has 0 bridgehead atoms. The molecule has 32 heavy (non-hydrogen) atoms. The van der Waals surface area contributed by atoms with Crippen LogP contribution in [0.3, 0.4) is 0 Å². The molecule has 0 radical (unpaired) electrons. The summed E-state index contributed by atoms with van der Waals surface area (Å²) in [6.45, 7) is 5.85. The van der Waals surface area contributed by atoms with E-state index in [4.69, 9.17) is 0 Å². The molecule has 2 aromatic carbocycles. The highest BCUT2D eigenvalue weighted by molar-refractivity contribution is 6.06. The Balaban J connectivity index is 1.53. The molecule has 0 spiro atoms. The van der Waals surface area contributed by atoms with Crippen LogP contribution in [0, 0.1) is 0 Å². The van der Waals surface area contributed by atoms with E-state index in [0.29, 0.717) is 11.6 Å². The predicted octanol–water partition coefficient (Wildman–Crippen LogP) is 3.60. The van der Waals surface area contributed by atoms with Crippen molar-refractivity contribution < 1.29 is 9.59 Å². The lowest BCUT2D eigenvalue weighted by Gasteiger charge is -2.22. The Morgan fingerprint density at radius 3 is 2.66 bits per heavy atom. The summed E-state index contributed by atoms with van der Waals surface area (Å²) < 4.78 is 1.03. The summed E-state index contributed by atoms with van der Waals surface area (Å²) in [7, 11) is 0. The van der Waals surface area contributed by atoms with Crippen molar-refractivity contribution in [3.8, 4) is 0 Å². The van der Waals surface area contributed by atoms with Crippen molar-refractivity contribution in [1.82, 2.24) is 9.78 Å². The van der Waals surface area contributed by atoms with E-state index in [1.807, 2.05) is 49.4 Å². The molecule has 7 nitrogen and oxygen atoms in total. The third kappa shape index (κ3) is 4.32. The number of amides is 2. The summed E-state index contributed by atoms with van der Waals surface area (Å²) >= 11 is 0. The molecule has 1 aliphatic heterocycles. The molecule has 2 amide bonds. The highest BCUT2D eigenvalue weighted by atomic mass is 16.2. The summed E-state index contributed by atoms with van der Waals surface area (Å²) in [4.78, 5) is 39.8. The second-order valence-electron chi connectivity index (χ2n) is 8.40. The molecule has 1 N–H and O–H groups in total. The maximum Gasteiger partial charge on any atom is 0.278 e. The second kappa shape index (κ2) is 8.78. The largest absolute Gasteiger partial charge is 0.324 e.